The van der Waals surface area contributed by atoms with E-state index in [1.165, 1.54) is 11.3 Å². The van der Waals surface area contributed by atoms with Gasteiger partial charge >= 0.3 is 0 Å². The molecule has 13 heavy (non-hydrogen) atoms. The second-order valence-corrected chi connectivity index (χ2v) is 4.20. The minimum Gasteiger partial charge on any atom is -0.359 e. The molecule has 0 atom stereocenters. The van der Waals surface area contributed by atoms with Gasteiger partial charge in [0.2, 0.25) is 0 Å². The van der Waals surface area contributed by atoms with Gasteiger partial charge in [-0.3, -0.25) is 0 Å². The predicted octanol–water partition coefficient (Wildman–Crippen LogP) is 3.23. The monoisotopic (exact) mass is 177 g/mol. The highest BCUT2D eigenvalue weighted by Crippen LogP contribution is 2.22. The molecule has 1 aliphatic rings. The summed E-state index contributed by atoms with van der Waals surface area (Å²) in [6.45, 7) is 12.7. The fourth-order valence-corrected chi connectivity index (χ4v) is 1.32. The summed E-state index contributed by atoms with van der Waals surface area (Å²) < 4.78 is 0. The zero-order chi connectivity index (χ0) is 10.0. The highest BCUT2D eigenvalue weighted by molar-refractivity contribution is 5.38. The minimum absolute atomic E-state index is 0.541. The van der Waals surface area contributed by atoms with Gasteiger partial charge in [-0.2, -0.15) is 0 Å². The summed E-state index contributed by atoms with van der Waals surface area (Å²) in [5, 5.41) is 3.29. The Labute approximate surface area is 81.2 Å². The van der Waals surface area contributed by atoms with Crippen molar-refractivity contribution < 1.29 is 0 Å². The largest absolute Gasteiger partial charge is 0.359 e. The Bertz CT molecular complexity index is 267. The van der Waals surface area contributed by atoms with E-state index in [0.717, 1.165) is 5.70 Å². The van der Waals surface area contributed by atoms with Crippen LogP contribution in [0.5, 0.6) is 0 Å². The number of rotatable bonds is 2. The van der Waals surface area contributed by atoms with Crippen LogP contribution in [0.15, 0.2) is 35.7 Å². The zero-order valence-electron chi connectivity index (χ0n) is 9.02. The van der Waals surface area contributed by atoms with Gasteiger partial charge < -0.3 is 5.32 Å². The summed E-state index contributed by atoms with van der Waals surface area (Å²) in [4.78, 5) is 0. The van der Waals surface area contributed by atoms with Crippen molar-refractivity contribution >= 4 is 0 Å². The number of dihydropyridines is 1. The van der Waals surface area contributed by atoms with Gasteiger partial charge in [-0.05, 0) is 29.6 Å². The van der Waals surface area contributed by atoms with E-state index in [-0.39, 0.29) is 0 Å². The molecule has 0 aromatic rings. The van der Waals surface area contributed by atoms with Gasteiger partial charge in [-0.25, -0.2) is 0 Å². The van der Waals surface area contributed by atoms with Crippen molar-refractivity contribution in [2.75, 3.05) is 0 Å². The molecule has 0 fully saturated rings. The average Bonchev–Trinajstić information content (AvgIpc) is 2.03. The lowest BCUT2D eigenvalue weighted by atomic mass is 9.95. The molecule has 0 saturated carbocycles. The average molecular weight is 177 g/mol. The summed E-state index contributed by atoms with van der Waals surface area (Å²) in [6.07, 6.45) is 4.36. The molecule has 1 heterocycles. The number of hydrogen-bond acceptors (Lipinski definition) is 1. The van der Waals surface area contributed by atoms with E-state index in [1.807, 2.05) is 0 Å². The number of hydrogen-bond donors (Lipinski definition) is 1. The summed E-state index contributed by atoms with van der Waals surface area (Å²) >= 11 is 0. The van der Waals surface area contributed by atoms with E-state index in [1.54, 1.807) is 0 Å². The molecule has 0 saturated heterocycles. The Morgan fingerprint density at radius 1 is 1.08 bits per heavy atom. The van der Waals surface area contributed by atoms with E-state index in [0.29, 0.717) is 11.8 Å². The first-order chi connectivity index (χ1) is 6.00. The summed E-state index contributed by atoms with van der Waals surface area (Å²) in [5.41, 5.74) is 3.65. The van der Waals surface area contributed by atoms with Crippen LogP contribution in [0, 0.1) is 11.8 Å². The molecule has 0 aromatic carbocycles. The molecule has 1 N–H and O–H groups in total. The van der Waals surface area contributed by atoms with Crippen LogP contribution in [-0.4, -0.2) is 0 Å². The third kappa shape index (κ3) is 2.48. The highest BCUT2D eigenvalue weighted by atomic mass is 14.9. The third-order valence-corrected chi connectivity index (χ3v) is 2.26. The fourth-order valence-electron chi connectivity index (χ4n) is 1.32. The molecule has 1 nitrogen and oxygen atoms in total. The Kier molecular flexibility index (Phi) is 2.97. The maximum atomic E-state index is 3.95. The molecule has 0 bridgehead atoms. The first kappa shape index (κ1) is 10.1. The molecule has 0 unspecified atom stereocenters. The van der Waals surface area contributed by atoms with Gasteiger partial charge in [0.15, 0.2) is 0 Å². The van der Waals surface area contributed by atoms with Gasteiger partial charge in [0.05, 0.1) is 0 Å². The van der Waals surface area contributed by atoms with E-state index in [4.69, 9.17) is 0 Å². The van der Waals surface area contributed by atoms with E-state index in [2.05, 4.69) is 51.7 Å². The highest BCUT2D eigenvalue weighted by Gasteiger charge is 2.11. The third-order valence-electron chi connectivity index (χ3n) is 2.26. The van der Waals surface area contributed by atoms with Crippen LogP contribution in [-0.2, 0) is 0 Å². The molecule has 0 amide bonds. The lowest BCUT2D eigenvalue weighted by molar-refractivity contribution is 0.684. The van der Waals surface area contributed by atoms with E-state index >= 15 is 0 Å². The topological polar surface area (TPSA) is 12.0 Å². The summed E-state index contributed by atoms with van der Waals surface area (Å²) in [7, 11) is 0. The number of allylic oxidation sites excluding steroid dienone is 4. The first-order valence-electron chi connectivity index (χ1n) is 4.90. The first-order valence-corrected chi connectivity index (χ1v) is 4.90. The molecule has 0 spiro atoms. The van der Waals surface area contributed by atoms with E-state index in [9.17, 15) is 0 Å². The Morgan fingerprint density at radius 2 is 1.69 bits per heavy atom. The minimum atomic E-state index is 0.541. The predicted molar refractivity (Wildman–Crippen MR) is 58.1 cm³/mol. The van der Waals surface area contributed by atoms with Crippen LogP contribution in [0.2, 0.25) is 0 Å². The van der Waals surface area contributed by atoms with Crippen LogP contribution in [0.4, 0.5) is 0 Å². The van der Waals surface area contributed by atoms with Crippen LogP contribution < -0.4 is 5.32 Å². The quantitative estimate of drug-likeness (QED) is 0.683. The molecule has 0 radical (unpaired) electrons. The van der Waals surface area contributed by atoms with Crippen LogP contribution in [0.25, 0.3) is 0 Å². The summed E-state index contributed by atoms with van der Waals surface area (Å²) in [6, 6.07) is 0. The summed E-state index contributed by atoms with van der Waals surface area (Å²) in [5.74, 6) is 1.12. The van der Waals surface area contributed by atoms with Crippen LogP contribution in [0.3, 0.4) is 0 Å². The Balaban J connectivity index is 2.91. The van der Waals surface area contributed by atoms with Gasteiger partial charge in [0.1, 0.15) is 0 Å². The van der Waals surface area contributed by atoms with Crippen molar-refractivity contribution in [2.24, 2.45) is 11.8 Å². The molecule has 1 aliphatic heterocycles. The SMILES string of the molecule is C=C1C=C(C(C)C)C=C(C(C)C)N1. The Hall–Kier alpha value is -0.980. The van der Waals surface area contributed by atoms with Crippen molar-refractivity contribution in [3.63, 3.8) is 0 Å². The molecule has 0 aliphatic carbocycles. The fraction of sp³-hybridized carbons (Fsp3) is 0.500. The second kappa shape index (κ2) is 3.82. The van der Waals surface area contributed by atoms with Gasteiger partial charge in [-0.1, -0.05) is 34.3 Å². The van der Waals surface area contributed by atoms with Crippen molar-refractivity contribution in [3.05, 3.63) is 35.7 Å². The molecule has 72 valence electrons. The van der Waals surface area contributed by atoms with Crippen molar-refractivity contribution in [1.29, 1.82) is 0 Å². The number of nitrogens with one attached hydrogen (secondary N) is 1. The maximum Gasteiger partial charge on any atom is 0.0311 e. The molecular weight excluding hydrogens is 158 g/mol. The standard InChI is InChI=1S/C12H19N/c1-8(2)11-6-10(5)13-12(7-11)9(3)4/h6-9,13H,5H2,1-4H3. The smallest absolute Gasteiger partial charge is 0.0311 e. The van der Waals surface area contributed by atoms with Crippen molar-refractivity contribution in [3.8, 4) is 0 Å². The lowest BCUT2D eigenvalue weighted by Gasteiger charge is -2.22. The normalized spacial score (nSPS) is 17.2. The van der Waals surface area contributed by atoms with Crippen molar-refractivity contribution in [1.82, 2.24) is 5.32 Å². The van der Waals surface area contributed by atoms with Gasteiger partial charge in [-0.15, -0.1) is 0 Å². The second-order valence-electron chi connectivity index (χ2n) is 4.20. The van der Waals surface area contributed by atoms with Gasteiger partial charge in [0, 0.05) is 11.4 Å². The zero-order valence-corrected chi connectivity index (χ0v) is 9.02. The molecule has 1 rings (SSSR count). The lowest BCUT2D eigenvalue weighted by Crippen LogP contribution is -2.19. The molecule has 1 heteroatoms. The van der Waals surface area contributed by atoms with Crippen molar-refractivity contribution in [2.45, 2.75) is 27.7 Å². The Morgan fingerprint density at radius 3 is 2.15 bits per heavy atom. The van der Waals surface area contributed by atoms with Crippen LogP contribution >= 0.6 is 0 Å². The molecular formula is C12H19N. The van der Waals surface area contributed by atoms with E-state index < -0.39 is 0 Å². The molecule has 0 aromatic heterocycles. The maximum absolute atomic E-state index is 3.95. The van der Waals surface area contributed by atoms with Gasteiger partial charge in [0.25, 0.3) is 0 Å². The van der Waals surface area contributed by atoms with Crippen LogP contribution in [0.1, 0.15) is 27.7 Å².